The fraction of sp³-hybridized carbons (Fsp3) is 0.208. The average molecular weight is 441 g/mol. The number of nitrogens with one attached hydrogen (secondary N) is 1. The summed E-state index contributed by atoms with van der Waals surface area (Å²) in [4.78, 5) is 10.3. The van der Waals surface area contributed by atoms with Gasteiger partial charge < -0.3 is 15.6 Å². The molecule has 0 aliphatic carbocycles. The predicted octanol–water partition coefficient (Wildman–Crippen LogP) is 4.76. The third-order valence-electron chi connectivity index (χ3n) is 4.79. The first kappa shape index (κ1) is 22.1. The summed E-state index contributed by atoms with van der Waals surface area (Å²) in [6.07, 6.45) is 2.12. The maximum absolute atomic E-state index is 6.11. The van der Waals surface area contributed by atoms with Crippen LogP contribution in [0.3, 0.4) is 0 Å². The van der Waals surface area contributed by atoms with Crippen LogP contribution in [0.1, 0.15) is 19.4 Å². The zero-order chi connectivity index (χ0) is 22.5. The second-order valence-corrected chi connectivity index (χ2v) is 9.23. The maximum atomic E-state index is 6.11. The van der Waals surface area contributed by atoms with Crippen LogP contribution in [0, 0.1) is 0 Å². The van der Waals surface area contributed by atoms with Gasteiger partial charge in [-0.05, 0) is 24.1 Å². The number of nitrogen functional groups attached to an aromatic ring is 1. The number of nitrogens with zero attached hydrogens (tertiary/aromatic N) is 3. The second kappa shape index (κ2) is 10.0. The molecule has 0 spiro atoms. The normalized spacial score (nSPS) is 11.2. The molecule has 0 bridgehead atoms. The van der Waals surface area contributed by atoms with Crippen molar-refractivity contribution < 1.29 is 4.52 Å². The Bertz CT molecular complexity index is 1180. The summed E-state index contributed by atoms with van der Waals surface area (Å²) in [6, 6.07) is 18.2. The van der Waals surface area contributed by atoms with Gasteiger partial charge >= 0.3 is 0 Å². The van der Waals surface area contributed by atoms with Gasteiger partial charge in [0.2, 0.25) is 0 Å². The monoisotopic (exact) mass is 441 g/mol. The molecule has 2 heterocycles. The van der Waals surface area contributed by atoms with Gasteiger partial charge in [-0.1, -0.05) is 55.4 Å². The van der Waals surface area contributed by atoms with Crippen molar-refractivity contribution in [3.63, 3.8) is 0 Å². The molecule has 0 unspecified atom stereocenters. The Morgan fingerprint density at radius 3 is 2.41 bits per heavy atom. The molecule has 32 heavy (non-hydrogen) atoms. The number of hydrogen-bond acceptors (Lipinski definition) is 7. The zero-order valence-corrected chi connectivity index (χ0v) is 18.9. The fourth-order valence-corrected chi connectivity index (χ4v) is 4.07. The highest BCUT2D eigenvalue weighted by Crippen LogP contribution is 2.31. The summed E-state index contributed by atoms with van der Waals surface area (Å²) in [5.41, 5.74) is 11.1. The number of thioether (sulfide) groups is 1. The van der Waals surface area contributed by atoms with Crippen molar-refractivity contribution in [1.82, 2.24) is 20.4 Å². The number of benzene rings is 2. The van der Waals surface area contributed by atoms with E-state index in [0.717, 1.165) is 28.9 Å². The van der Waals surface area contributed by atoms with E-state index in [2.05, 4.69) is 41.4 Å². The van der Waals surface area contributed by atoms with Crippen molar-refractivity contribution in [2.45, 2.75) is 30.5 Å². The molecule has 4 rings (SSSR count). The van der Waals surface area contributed by atoms with E-state index in [1.807, 2.05) is 54.2 Å². The lowest BCUT2D eigenvalue weighted by Gasteiger charge is -2.07. The summed E-state index contributed by atoms with van der Waals surface area (Å²) in [6.45, 7) is 5.07. The van der Waals surface area contributed by atoms with Crippen LogP contribution < -0.4 is 11.1 Å². The van der Waals surface area contributed by atoms with Crippen LogP contribution >= 0.6 is 11.8 Å². The van der Waals surface area contributed by atoms with E-state index in [0.29, 0.717) is 34.7 Å². The number of aromatic nitrogens is 3. The lowest BCUT2D eigenvalue weighted by molar-refractivity contribution is 0.434. The van der Waals surface area contributed by atoms with Gasteiger partial charge in [0.25, 0.3) is 0 Å². The van der Waals surface area contributed by atoms with E-state index >= 15 is 0 Å². The van der Waals surface area contributed by atoms with Gasteiger partial charge in [0, 0.05) is 33.9 Å². The molecule has 0 saturated carbocycles. The SMILES string of the molecule is [B]CNCc1ccc(-c2cc(-c3nc(-c4ccc(SC(C)C)cc4)cnc3N)on2)cc1. The first-order valence-electron chi connectivity index (χ1n) is 10.4. The molecule has 6 nitrogen and oxygen atoms in total. The molecule has 0 aliphatic heterocycles. The van der Waals surface area contributed by atoms with Gasteiger partial charge in [0.15, 0.2) is 17.3 Å². The highest BCUT2D eigenvalue weighted by molar-refractivity contribution is 7.99. The Balaban J connectivity index is 1.57. The summed E-state index contributed by atoms with van der Waals surface area (Å²) in [7, 11) is 5.48. The molecule has 3 N–H and O–H groups in total. The highest BCUT2D eigenvalue weighted by Gasteiger charge is 2.15. The molecule has 2 aromatic carbocycles. The van der Waals surface area contributed by atoms with Crippen LogP contribution in [0.5, 0.6) is 0 Å². The lowest BCUT2D eigenvalue weighted by Crippen LogP contribution is -2.14. The van der Waals surface area contributed by atoms with Crippen molar-refractivity contribution in [1.29, 1.82) is 0 Å². The standard InChI is InChI=1S/C24H24BN5OS/c1-15(2)32-19-9-7-18(8-10-19)21-13-28-24(26)23(29-21)22-11-20(30-31-22)17-5-3-16(4-6-17)12-27-14-25/h3-11,13,15,27H,12,14H2,1-2H3,(H2,26,28). The molecule has 2 aromatic heterocycles. The van der Waals surface area contributed by atoms with Crippen LogP contribution in [0.2, 0.25) is 0 Å². The first-order chi connectivity index (χ1) is 15.5. The topological polar surface area (TPSA) is 89.9 Å². The van der Waals surface area contributed by atoms with Crippen LogP contribution in [-0.4, -0.2) is 34.7 Å². The minimum Gasteiger partial charge on any atom is -0.382 e. The Kier molecular flexibility index (Phi) is 6.92. The van der Waals surface area contributed by atoms with Gasteiger partial charge in [0.05, 0.1) is 19.7 Å². The molecular formula is C24H24BN5OS. The van der Waals surface area contributed by atoms with Crippen LogP contribution in [-0.2, 0) is 6.54 Å². The molecule has 8 heteroatoms. The van der Waals surface area contributed by atoms with Crippen LogP contribution in [0.25, 0.3) is 34.0 Å². The molecular weight excluding hydrogens is 417 g/mol. The van der Waals surface area contributed by atoms with E-state index < -0.39 is 0 Å². The number of rotatable bonds is 8. The summed E-state index contributed by atoms with van der Waals surface area (Å²) in [5, 5.41) is 7.83. The molecule has 160 valence electrons. The number of nitrogens with two attached hydrogens (primary N) is 1. The summed E-state index contributed by atoms with van der Waals surface area (Å²) >= 11 is 1.82. The van der Waals surface area contributed by atoms with E-state index in [4.69, 9.17) is 23.1 Å². The van der Waals surface area contributed by atoms with Crippen LogP contribution in [0.15, 0.2) is 70.2 Å². The van der Waals surface area contributed by atoms with Crippen molar-refractivity contribution in [3.8, 4) is 34.0 Å². The molecule has 0 fully saturated rings. The lowest BCUT2D eigenvalue weighted by atomic mass is 10.1. The van der Waals surface area contributed by atoms with Gasteiger partial charge in [0.1, 0.15) is 5.69 Å². The summed E-state index contributed by atoms with van der Waals surface area (Å²) < 4.78 is 5.57. The zero-order valence-electron chi connectivity index (χ0n) is 18.1. The second-order valence-electron chi connectivity index (χ2n) is 7.58. The molecule has 0 aliphatic rings. The van der Waals surface area contributed by atoms with Gasteiger partial charge in [-0.3, -0.25) is 0 Å². The molecule has 2 radical (unpaired) electrons. The number of anilines is 1. The van der Waals surface area contributed by atoms with E-state index in [1.165, 1.54) is 4.90 Å². The smallest absolute Gasteiger partial charge is 0.189 e. The average Bonchev–Trinajstić information content (AvgIpc) is 3.29. The van der Waals surface area contributed by atoms with Gasteiger partial charge in [-0.2, -0.15) is 0 Å². The Labute approximate surface area is 193 Å². The van der Waals surface area contributed by atoms with Crippen LogP contribution in [0.4, 0.5) is 5.82 Å². The highest BCUT2D eigenvalue weighted by atomic mass is 32.2. The number of hydrogen-bond donors (Lipinski definition) is 2. The molecule has 4 aromatic rings. The first-order valence-corrected chi connectivity index (χ1v) is 11.3. The minimum atomic E-state index is 0.298. The summed E-state index contributed by atoms with van der Waals surface area (Å²) in [5.74, 6) is 0.777. The Morgan fingerprint density at radius 2 is 1.72 bits per heavy atom. The Hall–Kier alpha value is -3.10. The molecule has 0 amide bonds. The fourth-order valence-electron chi connectivity index (χ4n) is 3.23. The predicted molar refractivity (Wildman–Crippen MR) is 131 cm³/mol. The van der Waals surface area contributed by atoms with E-state index in [1.54, 1.807) is 6.20 Å². The maximum Gasteiger partial charge on any atom is 0.189 e. The van der Waals surface area contributed by atoms with Gasteiger partial charge in [-0.25, -0.2) is 9.97 Å². The minimum absolute atomic E-state index is 0.298. The van der Waals surface area contributed by atoms with E-state index in [-0.39, 0.29) is 0 Å². The quantitative estimate of drug-likeness (QED) is 0.301. The van der Waals surface area contributed by atoms with Crippen molar-refractivity contribution in [2.24, 2.45) is 0 Å². The molecule has 0 atom stereocenters. The van der Waals surface area contributed by atoms with E-state index in [9.17, 15) is 0 Å². The third kappa shape index (κ3) is 5.20. The Morgan fingerprint density at radius 1 is 1.03 bits per heavy atom. The van der Waals surface area contributed by atoms with Crippen molar-refractivity contribution in [2.75, 3.05) is 12.2 Å². The third-order valence-corrected chi connectivity index (χ3v) is 5.81. The largest absolute Gasteiger partial charge is 0.382 e. The van der Waals surface area contributed by atoms with Gasteiger partial charge in [-0.15, -0.1) is 11.8 Å². The van der Waals surface area contributed by atoms with Crippen molar-refractivity contribution >= 4 is 25.4 Å². The van der Waals surface area contributed by atoms with Crippen molar-refractivity contribution in [3.05, 3.63) is 66.4 Å². The molecule has 0 saturated heterocycles.